The van der Waals surface area contributed by atoms with Crippen molar-refractivity contribution in [1.29, 1.82) is 0 Å². The fourth-order valence-corrected chi connectivity index (χ4v) is 2.05. The van der Waals surface area contributed by atoms with Gasteiger partial charge in [0.2, 0.25) is 5.95 Å². The number of hydrogen-bond donors (Lipinski definition) is 1. The Kier molecular flexibility index (Phi) is 4.45. The minimum atomic E-state index is -0.649. The largest absolute Gasteiger partial charge is 0.348 e. The number of aromatic nitrogens is 1. The SMILES string of the molecule is Cc1ccccc1CC(C)NC(=O)c1cccc(F)n1. The van der Waals surface area contributed by atoms with Gasteiger partial charge < -0.3 is 5.32 Å². The summed E-state index contributed by atoms with van der Waals surface area (Å²) in [6.07, 6.45) is 0.730. The van der Waals surface area contributed by atoms with Gasteiger partial charge in [-0.1, -0.05) is 30.3 Å². The molecule has 0 fully saturated rings. The zero-order chi connectivity index (χ0) is 14.5. The molecule has 0 spiro atoms. The molecule has 0 bridgehead atoms. The van der Waals surface area contributed by atoms with Crippen molar-refractivity contribution in [3.63, 3.8) is 0 Å². The van der Waals surface area contributed by atoms with E-state index in [2.05, 4.69) is 10.3 Å². The lowest BCUT2D eigenvalue weighted by atomic mass is 10.0. The smallest absolute Gasteiger partial charge is 0.270 e. The second-order valence-electron chi connectivity index (χ2n) is 4.85. The Morgan fingerprint density at radius 3 is 2.70 bits per heavy atom. The maximum absolute atomic E-state index is 13.0. The minimum absolute atomic E-state index is 0.0475. The molecule has 1 heterocycles. The molecule has 0 saturated heterocycles. The molecule has 0 radical (unpaired) electrons. The number of pyridine rings is 1. The first-order valence-corrected chi connectivity index (χ1v) is 6.54. The zero-order valence-electron chi connectivity index (χ0n) is 11.6. The molecule has 1 aromatic carbocycles. The van der Waals surface area contributed by atoms with Crippen molar-refractivity contribution in [3.05, 3.63) is 65.2 Å². The number of nitrogens with zero attached hydrogens (tertiary/aromatic N) is 1. The van der Waals surface area contributed by atoms with Crippen molar-refractivity contribution in [2.45, 2.75) is 26.3 Å². The average Bonchev–Trinajstić information content (AvgIpc) is 2.41. The number of hydrogen-bond acceptors (Lipinski definition) is 2. The van der Waals surface area contributed by atoms with Crippen LogP contribution in [0.2, 0.25) is 0 Å². The Morgan fingerprint density at radius 1 is 1.25 bits per heavy atom. The Bertz CT molecular complexity index is 613. The number of halogens is 1. The Labute approximate surface area is 117 Å². The van der Waals surface area contributed by atoms with Crippen LogP contribution < -0.4 is 5.32 Å². The fraction of sp³-hybridized carbons (Fsp3) is 0.250. The maximum atomic E-state index is 13.0. The van der Waals surface area contributed by atoms with Gasteiger partial charge in [-0.05, 0) is 43.5 Å². The molecule has 4 heteroatoms. The minimum Gasteiger partial charge on any atom is -0.348 e. The number of aryl methyl sites for hydroxylation is 1. The summed E-state index contributed by atoms with van der Waals surface area (Å²) in [4.78, 5) is 15.5. The summed E-state index contributed by atoms with van der Waals surface area (Å²) >= 11 is 0. The van der Waals surface area contributed by atoms with Crippen LogP contribution >= 0.6 is 0 Å². The van der Waals surface area contributed by atoms with Gasteiger partial charge in [-0.25, -0.2) is 4.98 Å². The second-order valence-corrected chi connectivity index (χ2v) is 4.85. The highest BCUT2D eigenvalue weighted by Gasteiger charge is 2.12. The summed E-state index contributed by atoms with van der Waals surface area (Å²) in [6.45, 7) is 3.96. The lowest BCUT2D eigenvalue weighted by Gasteiger charge is -2.15. The van der Waals surface area contributed by atoms with E-state index in [4.69, 9.17) is 0 Å². The van der Waals surface area contributed by atoms with Crippen LogP contribution in [0.25, 0.3) is 0 Å². The molecule has 1 atom stereocenters. The van der Waals surface area contributed by atoms with Crippen LogP contribution in [0.1, 0.15) is 28.5 Å². The van der Waals surface area contributed by atoms with Gasteiger partial charge in [0.25, 0.3) is 5.91 Å². The molecule has 2 rings (SSSR count). The van der Waals surface area contributed by atoms with Crippen molar-refractivity contribution < 1.29 is 9.18 Å². The van der Waals surface area contributed by atoms with E-state index in [0.29, 0.717) is 0 Å². The standard InChI is InChI=1S/C16H17FN2O/c1-11-6-3-4-7-13(11)10-12(2)18-16(20)14-8-5-9-15(17)19-14/h3-9,12H,10H2,1-2H3,(H,18,20). The van der Waals surface area contributed by atoms with Crippen LogP contribution in [0.15, 0.2) is 42.5 Å². The summed E-state index contributed by atoms with van der Waals surface area (Å²) in [7, 11) is 0. The first kappa shape index (κ1) is 14.2. The molecule has 3 nitrogen and oxygen atoms in total. The molecule has 0 aliphatic heterocycles. The summed E-state index contributed by atoms with van der Waals surface area (Å²) in [5, 5.41) is 2.83. The molecule has 0 aliphatic carbocycles. The predicted octanol–water partition coefficient (Wildman–Crippen LogP) is 2.89. The third-order valence-corrected chi connectivity index (χ3v) is 3.11. The van der Waals surface area contributed by atoms with E-state index in [1.165, 1.54) is 29.3 Å². The number of amides is 1. The van der Waals surface area contributed by atoms with Crippen LogP contribution in [0.4, 0.5) is 4.39 Å². The normalized spacial score (nSPS) is 11.9. The molecular formula is C16H17FN2O. The quantitative estimate of drug-likeness (QED) is 0.870. The van der Waals surface area contributed by atoms with Gasteiger partial charge in [-0.2, -0.15) is 4.39 Å². The number of nitrogens with one attached hydrogen (secondary N) is 1. The van der Waals surface area contributed by atoms with Gasteiger partial charge in [0, 0.05) is 6.04 Å². The van der Waals surface area contributed by atoms with Crippen LogP contribution in [0.3, 0.4) is 0 Å². The number of carbonyl (C=O) groups excluding carboxylic acids is 1. The highest BCUT2D eigenvalue weighted by Crippen LogP contribution is 2.10. The average molecular weight is 272 g/mol. The van der Waals surface area contributed by atoms with Crippen LogP contribution in [0.5, 0.6) is 0 Å². The molecular weight excluding hydrogens is 255 g/mol. The molecule has 1 aromatic heterocycles. The molecule has 0 saturated carbocycles. The Balaban J connectivity index is 2.00. The maximum Gasteiger partial charge on any atom is 0.270 e. The molecule has 104 valence electrons. The first-order valence-electron chi connectivity index (χ1n) is 6.54. The molecule has 0 aliphatic rings. The van der Waals surface area contributed by atoms with Gasteiger partial charge in [-0.3, -0.25) is 4.79 Å². The summed E-state index contributed by atoms with van der Waals surface area (Å²) in [6, 6.07) is 12.2. The molecule has 1 unspecified atom stereocenters. The summed E-state index contributed by atoms with van der Waals surface area (Å²) in [5.74, 6) is -1.00. The number of benzene rings is 1. The van der Waals surface area contributed by atoms with Gasteiger partial charge in [0.1, 0.15) is 5.69 Å². The topological polar surface area (TPSA) is 42.0 Å². The molecule has 1 N–H and O–H groups in total. The van der Waals surface area contributed by atoms with Crippen LogP contribution in [-0.4, -0.2) is 16.9 Å². The predicted molar refractivity (Wildman–Crippen MR) is 76.0 cm³/mol. The molecule has 2 aromatic rings. The van der Waals surface area contributed by atoms with Crippen LogP contribution in [-0.2, 0) is 6.42 Å². The first-order chi connectivity index (χ1) is 9.56. The Morgan fingerprint density at radius 2 is 2.00 bits per heavy atom. The summed E-state index contributed by atoms with van der Waals surface area (Å²) in [5.41, 5.74) is 2.48. The lowest BCUT2D eigenvalue weighted by Crippen LogP contribution is -2.34. The van der Waals surface area contributed by atoms with E-state index >= 15 is 0 Å². The van der Waals surface area contributed by atoms with E-state index in [0.717, 1.165) is 6.42 Å². The van der Waals surface area contributed by atoms with Crippen molar-refractivity contribution in [1.82, 2.24) is 10.3 Å². The fourth-order valence-electron chi connectivity index (χ4n) is 2.05. The van der Waals surface area contributed by atoms with E-state index in [9.17, 15) is 9.18 Å². The second kappa shape index (κ2) is 6.28. The van der Waals surface area contributed by atoms with Crippen molar-refractivity contribution in [2.75, 3.05) is 0 Å². The lowest BCUT2D eigenvalue weighted by molar-refractivity contribution is 0.0934. The van der Waals surface area contributed by atoms with E-state index in [-0.39, 0.29) is 17.6 Å². The Hall–Kier alpha value is -2.23. The van der Waals surface area contributed by atoms with Gasteiger partial charge in [-0.15, -0.1) is 0 Å². The highest BCUT2D eigenvalue weighted by molar-refractivity contribution is 5.92. The zero-order valence-corrected chi connectivity index (χ0v) is 11.6. The number of carbonyl (C=O) groups is 1. The van der Waals surface area contributed by atoms with Crippen molar-refractivity contribution >= 4 is 5.91 Å². The molecule has 20 heavy (non-hydrogen) atoms. The van der Waals surface area contributed by atoms with Crippen molar-refractivity contribution in [3.8, 4) is 0 Å². The summed E-state index contributed by atoms with van der Waals surface area (Å²) < 4.78 is 13.0. The van der Waals surface area contributed by atoms with E-state index in [1.807, 2.05) is 38.1 Å². The van der Waals surface area contributed by atoms with Gasteiger partial charge in [0.15, 0.2) is 0 Å². The number of rotatable bonds is 4. The highest BCUT2D eigenvalue weighted by atomic mass is 19.1. The van der Waals surface area contributed by atoms with E-state index < -0.39 is 5.95 Å². The van der Waals surface area contributed by atoms with Gasteiger partial charge in [0.05, 0.1) is 0 Å². The van der Waals surface area contributed by atoms with Gasteiger partial charge >= 0.3 is 0 Å². The third kappa shape index (κ3) is 3.63. The third-order valence-electron chi connectivity index (χ3n) is 3.11. The monoisotopic (exact) mass is 272 g/mol. The van der Waals surface area contributed by atoms with E-state index in [1.54, 1.807) is 0 Å². The van der Waals surface area contributed by atoms with Crippen LogP contribution in [0, 0.1) is 12.9 Å². The van der Waals surface area contributed by atoms with Crippen molar-refractivity contribution in [2.24, 2.45) is 0 Å². The molecule has 1 amide bonds.